The predicted octanol–water partition coefficient (Wildman–Crippen LogP) is 2.60. The van der Waals surface area contributed by atoms with Crippen LogP contribution >= 0.6 is 11.6 Å². The summed E-state index contributed by atoms with van der Waals surface area (Å²) in [6, 6.07) is 7.55. The van der Waals surface area contributed by atoms with Crippen LogP contribution in [0.1, 0.15) is 44.6 Å². The SMILES string of the molecule is CCC(CC)(NC(=O)[C@H]1C[C@H]1c1ccc(Cl)cc1)C(N)=O. The van der Waals surface area contributed by atoms with Gasteiger partial charge in [-0.1, -0.05) is 37.6 Å². The Kier molecular flexibility index (Phi) is 4.57. The lowest BCUT2D eigenvalue weighted by Gasteiger charge is -2.29. The van der Waals surface area contributed by atoms with Crippen molar-refractivity contribution in [1.82, 2.24) is 5.32 Å². The van der Waals surface area contributed by atoms with E-state index in [1.807, 2.05) is 38.1 Å². The first kappa shape index (κ1) is 15.8. The summed E-state index contributed by atoms with van der Waals surface area (Å²) in [5.74, 6) is -0.424. The minimum absolute atomic E-state index is 0.0806. The normalized spacial score (nSPS) is 20.9. The zero-order valence-corrected chi connectivity index (χ0v) is 13.1. The Morgan fingerprint density at radius 2 is 1.86 bits per heavy atom. The van der Waals surface area contributed by atoms with Gasteiger partial charge in [-0.15, -0.1) is 0 Å². The van der Waals surface area contributed by atoms with E-state index in [4.69, 9.17) is 17.3 Å². The highest BCUT2D eigenvalue weighted by Gasteiger charge is 2.46. The average Bonchev–Trinajstić information content (AvgIpc) is 3.25. The minimum atomic E-state index is -0.926. The molecule has 0 spiro atoms. The molecule has 3 N–H and O–H groups in total. The van der Waals surface area contributed by atoms with Crippen LogP contribution in [0, 0.1) is 5.92 Å². The second kappa shape index (κ2) is 6.06. The monoisotopic (exact) mass is 308 g/mol. The molecule has 1 aromatic rings. The van der Waals surface area contributed by atoms with E-state index >= 15 is 0 Å². The van der Waals surface area contributed by atoms with E-state index in [0.717, 1.165) is 12.0 Å². The fourth-order valence-electron chi connectivity index (χ4n) is 2.73. The molecule has 21 heavy (non-hydrogen) atoms. The third-order valence-corrected chi connectivity index (χ3v) is 4.72. The fraction of sp³-hybridized carbons (Fsp3) is 0.500. The second-order valence-electron chi connectivity index (χ2n) is 5.64. The number of halogens is 1. The lowest BCUT2D eigenvalue weighted by atomic mass is 9.91. The van der Waals surface area contributed by atoms with Crippen LogP contribution in [0.3, 0.4) is 0 Å². The molecule has 0 saturated heterocycles. The summed E-state index contributed by atoms with van der Waals surface area (Å²) in [6.45, 7) is 3.72. The van der Waals surface area contributed by atoms with E-state index in [1.165, 1.54) is 0 Å². The highest BCUT2D eigenvalue weighted by atomic mass is 35.5. The third-order valence-electron chi connectivity index (χ3n) is 4.47. The molecule has 0 radical (unpaired) electrons. The molecule has 5 heteroatoms. The number of hydrogen-bond donors (Lipinski definition) is 2. The van der Waals surface area contributed by atoms with Crippen molar-refractivity contribution in [3.05, 3.63) is 34.9 Å². The number of hydrogen-bond acceptors (Lipinski definition) is 2. The fourth-order valence-corrected chi connectivity index (χ4v) is 2.85. The molecule has 114 valence electrons. The van der Waals surface area contributed by atoms with E-state index in [0.29, 0.717) is 17.9 Å². The maximum absolute atomic E-state index is 12.3. The van der Waals surface area contributed by atoms with Gasteiger partial charge in [0.1, 0.15) is 5.54 Å². The molecule has 2 rings (SSSR count). The number of carbonyl (C=O) groups is 2. The molecule has 2 atom stereocenters. The van der Waals surface area contributed by atoms with Gasteiger partial charge in [-0.2, -0.15) is 0 Å². The molecule has 1 aliphatic rings. The van der Waals surface area contributed by atoms with Gasteiger partial charge in [0, 0.05) is 10.9 Å². The molecule has 1 fully saturated rings. The molecular weight excluding hydrogens is 288 g/mol. The molecule has 0 heterocycles. The first-order valence-electron chi connectivity index (χ1n) is 7.31. The Morgan fingerprint density at radius 1 is 1.29 bits per heavy atom. The number of amides is 2. The van der Waals surface area contributed by atoms with Crippen molar-refractivity contribution in [3.8, 4) is 0 Å². The van der Waals surface area contributed by atoms with Crippen LogP contribution in [0.15, 0.2) is 24.3 Å². The molecular formula is C16H21ClN2O2. The quantitative estimate of drug-likeness (QED) is 0.848. The zero-order chi connectivity index (χ0) is 15.6. The smallest absolute Gasteiger partial charge is 0.243 e. The van der Waals surface area contributed by atoms with Gasteiger partial charge in [0.05, 0.1) is 0 Å². The van der Waals surface area contributed by atoms with Gasteiger partial charge < -0.3 is 11.1 Å². The summed E-state index contributed by atoms with van der Waals surface area (Å²) in [6.07, 6.45) is 1.81. The number of rotatable bonds is 6. The van der Waals surface area contributed by atoms with Crippen LogP contribution in [-0.2, 0) is 9.59 Å². The Morgan fingerprint density at radius 3 is 2.33 bits per heavy atom. The van der Waals surface area contributed by atoms with E-state index < -0.39 is 11.4 Å². The minimum Gasteiger partial charge on any atom is -0.368 e. The van der Waals surface area contributed by atoms with E-state index in [2.05, 4.69) is 5.32 Å². The topological polar surface area (TPSA) is 72.2 Å². The summed E-state index contributed by atoms with van der Waals surface area (Å²) in [7, 11) is 0. The van der Waals surface area contributed by atoms with Crippen molar-refractivity contribution in [3.63, 3.8) is 0 Å². The molecule has 0 unspecified atom stereocenters. The molecule has 4 nitrogen and oxygen atoms in total. The van der Waals surface area contributed by atoms with Gasteiger partial charge in [-0.05, 0) is 42.9 Å². The van der Waals surface area contributed by atoms with E-state index in [9.17, 15) is 9.59 Å². The summed E-state index contributed by atoms with van der Waals surface area (Å²) in [5, 5.41) is 3.55. The van der Waals surface area contributed by atoms with Crippen LogP contribution < -0.4 is 11.1 Å². The number of primary amides is 1. The van der Waals surface area contributed by atoms with Crippen molar-refractivity contribution in [2.45, 2.75) is 44.6 Å². The third kappa shape index (κ3) is 3.21. The van der Waals surface area contributed by atoms with Crippen LogP contribution in [-0.4, -0.2) is 17.4 Å². The number of nitrogens with one attached hydrogen (secondary N) is 1. The standard InChI is InChI=1S/C16H21ClN2O2/c1-3-16(4-2,15(18)21)19-14(20)13-9-12(13)10-5-7-11(17)8-6-10/h5-8,12-13H,3-4,9H2,1-2H3,(H2,18,21)(H,19,20)/t12-,13-/m0/s1. The molecule has 2 amide bonds. The maximum Gasteiger partial charge on any atom is 0.243 e. The number of carbonyl (C=O) groups excluding carboxylic acids is 2. The van der Waals surface area contributed by atoms with E-state index in [-0.39, 0.29) is 17.7 Å². The molecule has 1 aliphatic carbocycles. The zero-order valence-electron chi connectivity index (χ0n) is 12.4. The van der Waals surface area contributed by atoms with Gasteiger partial charge in [-0.3, -0.25) is 9.59 Å². The Labute approximate surface area is 130 Å². The summed E-state index contributed by atoms with van der Waals surface area (Å²) < 4.78 is 0. The van der Waals surface area contributed by atoms with Crippen LogP contribution in [0.4, 0.5) is 0 Å². The summed E-state index contributed by atoms with van der Waals surface area (Å²) >= 11 is 5.86. The van der Waals surface area contributed by atoms with Crippen LogP contribution in [0.25, 0.3) is 0 Å². The Hall–Kier alpha value is -1.55. The first-order chi connectivity index (χ1) is 9.93. The highest BCUT2D eigenvalue weighted by molar-refractivity contribution is 6.30. The average molecular weight is 309 g/mol. The lowest BCUT2D eigenvalue weighted by molar-refractivity contribution is -0.132. The van der Waals surface area contributed by atoms with Gasteiger partial charge in [-0.25, -0.2) is 0 Å². The van der Waals surface area contributed by atoms with Gasteiger partial charge in [0.15, 0.2) is 0 Å². The van der Waals surface area contributed by atoms with Crippen molar-refractivity contribution in [1.29, 1.82) is 0 Å². The molecule has 1 aromatic carbocycles. The largest absolute Gasteiger partial charge is 0.368 e. The van der Waals surface area contributed by atoms with Gasteiger partial charge in [0.2, 0.25) is 11.8 Å². The maximum atomic E-state index is 12.3. The highest BCUT2D eigenvalue weighted by Crippen LogP contribution is 2.48. The van der Waals surface area contributed by atoms with Crippen molar-refractivity contribution < 1.29 is 9.59 Å². The van der Waals surface area contributed by atoms with Gasteiger partial charge >= 0.3 is 0 Å². The Bertz CT molecular complexity index is 538. The van der Waals surface area contributed by atoms with E-state index in [1.54, 1.807) is 0 Å². The summed E-state index contributed by atoms with van der Waals surface area (Å²) in [4.78, 5) is 24.0. The number of nitrogens with two attached hydrogens (primary N) is 1. The lowest BCUT2D eigenvalue weighted by Crippen LogP contribution is -2.57. The molecule has 0 aromatic heterocycles. The number of benzene rings is 1. The second-order valence-corrected chi connectivity index (χ2v) is 6.08. The van der Waals surface area contributed by atoms with Crippen LogP contribution in [0.2, 0.25) is 5.02 Å². The van der Waals surface area contributed by atoms with Crippen molar-refractivity contribution in [2.24, 2.45) is 11.7 Å². The Balaban J connectivity index is 2.03. The first-order valence-corrected chi connectivity index (χ1v) is 7.68. The molecule has 1 saturated carbocycles. The molecule has 0 bridgehead atoms. The molecule has 0 aliphatic heterocycles. The van der Waals surface area contributed by atoms with Crippen LogP contribution in [0.5, 0.6) is 0 Å². The van der Waals surface area contributed by atoms with Crippen molar-refractivity contribution >= 4 is 23.4 Å². The van der Waals surface area contributed by atoms with Gasteiger partial charge in [0.25, 0.3) is 0 Å². The predicted molar refractivity (Wildman–Crippen MR) is 83.0 cm³/mol. The van der Waals surface area contributed by atoms with Crippen molar-refractivity contribution in [2.75, 3.05) is 0 Å². The summed E-state index contributed by atoms with van der Waals surface area (Å²) in [5.41, 5.74) is 5.64.